The molecule has 178 valence electrons. The van der Waals surface area contributed by atoms with Gasteiger partial charge in [0.25, 0.3) is 0 Å². The van der Waals surface area contributed by atoms with Gasteiger partial charge in [-0.15, -0.1) is 10.2 Å². The summed E-state index contributed by atoms with van der Waals surface area (Å²) < 4.78 is 7.51. The Kier molecular flexibility index (Phi) is 6.99. The molecule has 1 aliphatic heterocycles. The molecule has 35 heavy (non-hydrogen) atoms. The summed E-state index contributed by atoms with van der Waals surface area (Å²) in [5, 5.41) is 12.5. The van der Waals surface area contributed by atoms with E-state index in [1.165, 1.54) is 30.3 Å². The Balaban J connectivity index is 1.33. The number of hydrogen-bond donors (Lipinski definition) is 1. The van der Waals surface area contributed by atoms with Gasteiger partial charge in [0.1, 0.15) is 5.75 Å². The van der Waals surface area contributed by atoms with Gasteiger partial charge in [0.15, 0.2) is 11.0 Å². The number of amides is 1. The predicted molar refractivity (Wildman–Crippen MR) is 141 cm³/mol. The summed E-state index contributed by atoms with van der Waals surface area (Å²) in [5.41, 5.74) is 3.74. The van der Waals surface area contributed by atoms with Gasteiger partial charge in [-0.05, 0) is 61.4 Å². The molecule has 0 atom stereocenters. The topological polar surface area (TPSA) is 72.3 Å². The van der Waals surface area contributed by atoms with Crippen molar-refractivity contribution >= 4 is 29.0 Å². The zero-order valence-electron chi connectivity index (χ0n) is 19.6. The third-order valence-corrected chi connectivity index (χ3v) is 6.88. The van der Waals surface area contributed by atoms with E-state index in [-0.39, 0.29) is 11.7 Å². The van der Waals surface area contributed by atoms with Crippen LogP contribution in [0.2, 0.25) is 0 Å². The lowest BCUT2D eigenvalue weighted by Gasteiger charge is -2.17. The number of benzene rings is 3. The van der Waals surface area contributed by atoms with Crippen molar-refractivity contribution in [1.82, 2.24) is 14.8 Å². The Morgan fingerprint density at radius 1 is 0.914 bits per heavy atom. The number of anilines is 2. The second-order valence-corrected chi connectivity index (χ2v) is 9.20. The molecule has 7 nitrogen and oxygen atoms in total. The Bertz CT molecular complexity index is 1280. The number of rotatable bonds is 8. The van der Waals surface area contributed by atoms with Gasteiger partial charge in [-0.3, -0.25) is 9.36 Å². The number of hydrogen-bond acceptors (Lipinski definition) is 6. The molecule has 0 radical (unpaired) electrons. The van der Waals surface area contributed by atoms with Crippen LogP contribution in [0.1, 0.15) is 12.8 Å². The van der Waals surface area contributed by atoms with Crippen LogP contribution in [-0.2, 0) is 4.79 Å². The summed E-state index contributed by atoms with van der Waals surface area (Å²) in [5.74, 6) is 1.49. The number of aromatic nitrogens is 3. The summed E-state index contributed by atoms with van der Waals surface area (Å²) in [4.78, 5) is 15.1. The van der Waals surface area contributed by atoms with Crippen molar-refractivity contribution in [3.05, 3.63) is 78.9 Å². The molecule has 1 fully saturated rings. The summed E-state index contributed by atoms with van der Waals surface area (Å²) in [6.45, 7) is 2.20. The van der Waals surface area contributed by atoms with E-state index in [0.29, 0.717) is 16.7 Å². The van der Waals surface area contributed by atoms with Gasteiger partial charge in [-0.1, -0.05) is 42.1 Å². The summed E-state index contributed by atoms with van der Waals surface area (Å²) >= 11 is 1.35. The van der Waals surface area contributed by atoms with Gasteiger partial charge in [-0.25, -0.2) is 0 Å². The number of nitrogens with one attached hydrogen (secondary N) is 1. The Morgan fingerprint density at radius 2 is 1.63 bits per heavy atom. The van der Waals surface area contributed by atoms with Crippen molar-refractivity contribution < 1.29 is 9.53 Å². The number of methoxy groups -OCH3 is 1. The average Bonchev–Trinajstić information content (AvgIpc) is 3.59. The third-order valence-electron chi connectivity index (χ3n) is 5.95. The monoisotopic (exact) mass is 485 g/mol. The number of thioether (sulfide) groups is 1. The highest BCUT2D eigenvalue weighted by Crippen LogP contribution is 2.33. The molecule has 1 aromatic heterocycles. The molecule has 3 aromatic carbocycles. The standard InChI is InChI=1S/C27H27N5O2S/c1-34-24-12-6-5-11-23(24)26-29-30-27(32(26)22-9-3-2-4-10-22)35-19-25(33)28-20-13-15-21(16-14-20)31-17-7-8-18-31/h2-6,9-16H,7-8,17-19H2,1H3,(H,28,33). The van der Waals surface area contributed by atoms with Crippen LogP contribution in [-0.4, -0.2) is 46.6 Å². The molecule has 1 saturated heterocycles. The summed E-state index contributed by atoms with van der Waals surface area (Å²) in [7, 11) is 1.64. The van der Waals surface area contributed by atoms with Gasteiger partial charge in [0.05, 0.1) is 18.4 Å². The van der Waals surface area contributed by atoms with E-state index in [2.05, 4.69) is 32.5 Å². The fraction of sp³-hybridized carbons (Fsp3) is 0.222. The minimum atomic E-state index is -0.0922. The first kappa shape index (κ1) is 23.0. The Morgan fingerprint density at radius 3 is 2.37 bits per heavy atom. The number of carbonyl (C=O) groups is 1. The minimum Gasteiger partial charge on any atom is -0.496 e. The first-order valence-corrected chi connectivity index (χ1v) is 12.6. The fourth-order valence-corrected chi connectivity index (χ4v) is 4.99. The van der Waals surface area contributed by atoms with Crippen LogP contribution in [0.4, 0.5) is 11.4 Å². The molecule has 1 amide bonds. The fourth-order valence-electron chi connectivity index (χ4n) is 4.24. The van der Waals surface area contributed by atoms with Crippen LogP contribution in [0, 0.1) is 0 Å². The average molecular weight is 486 g/mol. The highest BCUT2D eigenvalue weighted by Gasteiger charge is 2.20. The van der Waals surface area contributed by atoms with Crippen molar-refractivity contribution in [3.8, 4) is 22.8 Å². The van der Waals surface area contributed by atoms with E-state index in [9.17, 15) is 4.79 Å². The van der Waals surface area contributed by atoms with E-state index >= 15 is 0 Å². The zero-order valence-corrected chi connectivity index (χ0v) is 20.4. The highest BCUT2D eigenvalue weighted by atomic mass is 32.2. The van der Waals surface area contributed by atoms with E-state index in [4.69, 9.17) is 4.74 Å². The number of nitrogens with zero attached hydrogens (tertiary/aromatic N) is 4. The zero-order chi connectivity index (χ0) is 24.0. The van der Waals surface area contributed by atoms with E-state index in [1.54, 1.807) is 7.11 Å². The smallest absolute Gasteiger partial charge is 0.234 e. The quantitative estimate of drug-likeness (QED) is 0.343. The lowest BCUT2D eigenvalue weighted by atomic mass is 10.2. The van der Waals surface area contributed by atoms with Crippen LogP contribution >= 0.6 is 11.8 Å². The molecule has 0 spiro atoms. The van der Waals surface area contributed by atoms with Crippen molar-refractivity contribution in [2.75, 3.05) is 36.2 Å². The molecule has 8 heteroatoms. The first-order valence-electron chi connectivity index (χ1n) is 11.6. The van der Waals surface area contributed by atoms with E-state index in [0.717, 1.165) is 30.0 Å². The summed E-state index contributed by atoms with van der Waals surface area (Å²) in [6.07, 6.45) is 2.48. The first-order chi connectivity index (χ1) is 17.2. The van der Waals surface area contributed by atoms with Crippen LogP contribution in [0.3, 0.4) is 0 Å². The molecule has 1 N–H and O–H groups in total. The van der Waals surface area contributed by atoms with Gasteiger partial charge in [-0.2, -0.15) is 0 Å². The number of para-hydroxylation sites is 2. The highest BCUT2D eigenvalue weighted by molar-refractivity contribution is 7.99. The molecule has 1 aliphatic rings. The second-order valence-electron chi connectivity index (χ2n) is 8.26. The molecule has 4 aromatic rings. The maximum Gasteiger partial charge on any atom is 0.234 e. The van der Waals surface area contributed by atoms with Gasteiger partial charge < -0.3 is 15.0 Å². The van der Waals surface area contributed by atoms with Gasteiger partial charge in [0, 0.05) is 30.2 Å². The molecule has 0 unspecified atom stereocenters. The molecule has 2 heterocycles. The Labute approximate surface area is 209 Å². The molecular weight excluding hydrogens is 458 g/mol. The van der Waals surface area contributed by atoms with Crippen molar-refractivity contribution in [2.45, 2.75) is 18.0 Å². The maximum atomic E-state index is 12.7. The largest absolute Gasteiger partial charge is 0.496 e. The van der Waals surface area contributed by atoms with Crippen molar-refractivity contribution in [3.63, 3.8) is 0 Å². The van der Waals surface area contributed by atoms with Crippen molar-refractivity contribution in [2.24, 2.45) is 0 Å². The molecule has 0 aliphatic carbocycles. The molecule has 0 bridgehead atoms. The number of ether oxygens (including phenoxy) is 1. The van der Waals surface area contributed by atoms with Gasteiger partial charge >= 0.3 is 0 Å². The third kappa shape index (κ3) is 5.17. The lowest BCUT2D eigenvalue weighted by Crippen LogP contribution is -2.18. The number of carbonyl (C=O) groups excluding carboxylic acids is 1. The Hall–Kier alpha value is -3.78. The van der Waals surface area contributed by atoms with Crippen LogP contribution in [0.15, 0.2) is 84.0 Å². The van der Waals surface area contributed by atoms with Crippen LogP contribution in [0.25, 0.3) is 17.1 Å². The summed E-state index contributed by atoms with van der Waals surface area (Å²) in [6, 6.07) is 25.7. The SMILES string of the molecule is COc1ccccc1-c1nnc(SCC(=O)Nc2ccc(N3CCCC3)cc2)n1-c1ccccc1. The second kappa shape index (κ2) is 10.7. The van der Waals surface area contributed by atoms with Gasteiger partial charge in [0.2, 0.25) is 5.91 Å². The lowest BCUT2D eigenvalue weighted by molar-refractivity contribution is -0.113. The van der Waals surface area contributed by atoms with Crippen molar-refractivity contribution in [1.29, 1.82) is 0 Å². The maximum absolute atomic E-state index is 12.7. The normalized spacial score (nSPS) is 13.1. The minimum absolute atomic E-state index is 0.0922. The van der Waals surface area contributed by atoms with Crippen LogP contribution in [0.5, 0.6) is 5.75 Å². The van der Waals surface area contributed by atoms with E-state index in [1.807, 2.05) is 71.3 Å². The van der Waals surface area contributed by atoms with Crippen LogP contribution < -0.4 is 15.0 Å². The molecular formula is C27H27N5O2S. The molecule has 0 saturated carbocycles. The molecule has 5 rings (SSSR count). The predicted octanol–water partition coefficient (Wildman–Crippen LogP) is 5.27. The van der Waals surface area contributed by atoms with E-state index < -0.39 is 0 Å².